The molecule has 12 bridgehead atoms. The zero-order valence-corrected chi connectivity index (χ0v) is 24.1. The summed E-state index contributed by atoms with van der Waals surface area (Å²) in [6.07, 6.45) is 15.5. The van der Waals surface area contributed by atoms with Crippen LogP contribution in [0.3, 0.4) is 0 Å². The Balaban J connectivity index is 0.876. The van der Waals surface area contributed by atoms with Gasteiger partial charge >= 0.3 is 11.9 Å². The summed E-state index contributed by atoms with van der Waals surface area (Å²) in [5.41, 5.74) is -0.0790. The van der Waals surface area contributed by atoms with E-state index in [-0.39, 0.29) is 48.2 Å². The van der Waals surface area contributed by atoms with Crippen LogP contribution in [-0.2, 0) is 28.5 Å². The summed E-state index contributed by atoms with van der Waals surface area (Å²) < 4.78 is 26.3. The molecule has 1 saturated heterocycles. The molecule has 1 heterocycles. The Morgan fingerprint density at radius 3 is 1.95 bits per heavy atom. The first kappa shape index (κ1) is 24.3. The lowest BCUT2D eigenvalue weighted by molar-refractivity contribution is -0.248. The van der Waals surface area contributed by atoms with Crippen LogP contribution in [0.5, 0.6) is 0 Å². The van der Waals surface area contributed by atoms with E-state index in [2.05, 4.69) is 6.92 Å². The molecule has 0 aromatic rings. The van der Waals surface area contributed by atoms with Gasteiger partial charge in [0, 0.05) is 11.8 Å². The normalized spacial score (nSPS) is 60.6. The van der Waals surface area contributed by atoms with Crippen molar-refractivity contribution in [3.63, 3.8) is 0 Å². The molecule has 0 aromatic heterocycles. The van der Waals surface area contributed by atoms with Crippen LogP contribution in [-0.4, -0.2) is 43.1 Å². The van der Waals surface area contributed by atoms with E-state index >= 15 is 0 Å². The van der Waals surface area contributed by atoms with E-state index in [1.54, 1.807) is 0 Å². The van der Waals surface area contributed by atoms with Crippen molar-refractivity contribution < 1.29 is 28.5 Å². The van der Waals surface area contributed by atoms with Crippen LogP contribution in [0.15, 0.2) is 0 Å². The van der Waals surface area contributed by atoms with Crippen LogP contribution in [0.4, 0.5) is 0 Å². The maximum Gasteiger partial charge on any atom is 0.312 e. The lowest BCUT2D eigenvalue weighted by atomic mass is 9.69. The number of carbonyl (C=O) groups is 2. The predicted molar refractivity (Wildman–Crippen MR) is 143 cm³/mol. The van der Waals surface area contributed by atoms with E-state index in [0.29, 0.717) is 29.1 Å². The number of ether oxygens (including phenoxy) is 4. The van der Waals surface area contributed by atoms with Crippen LogP contribution >= 0.6 is 0 Å². The summed E-state index contributed by atoms with van der Waals surface area (Å²) >= 11 is 0. The highest BCUT2D eigenvalue weighted by Crippen LogP contribution is 2.71. The Labute approximate surface area is 238 Å². The average Bonchev–Trinajstić information content (AvgIpc) is 3.71. The van der Waals surface area contributed by atoms with Crippen molar-refractivity contribution in [1.29, 1.82) is 0 Å². The highest BCUT2D eigenvalue weighted by Gasteiger charge is 2.71. The summed E-state index contributed by atoms with van der Waals surface area (Å²) in [5.74, 6) is 5.06. The van der Waals surface area contributed by atoms with Crippen molar-refractivity contribution in [3.8, 4) is 0 Å². The Kier molecular flexibility index (Phi) is 4.67. The molecule has 6 nitrogen and oxygen atoms in total. The average molecular weight is 551 g/mol. The Hall–Kier alpha value is -1.14. The van der Waals surface area contributed by atoms with E-state index in [0.717, 1.165) is 74.5 Å². The summed E-state index contributed by atoms with van der Waals surface area (Å²) in [4.78, 5) is 27.3. The van der Waals surface area contributed by atoms with Gasteiger partial charge in [-0.25, -0.2) is 0 Å². The van der Waals surface area contributed by atoms with Gasteiger partial charge in [-0.2, -0.15) is 0 Å². The van der Waals surface area contributed by atoms with Crippen LogP contribution in [0.2, 0.25) is 0 Å². The molecule has 0 amide bonds. The Morgan fingerprint density at radius 1 is 0.650 bits per heavy atom. The quantitative estimate of drug-likeness (QED) is 0.398. The molecule has 13 rings (SSSR count). The minimum absolute atomic E-state index is 0.00365. The second-order valence-corrected chi connectivity index (χ2v) is 17.4. The third kappa shape index (κ3) is 3.04. The van der Waals surface area contributed by atoms with Crippen molar-refractivity contribution >= 4 is 11.9 Å². The maximum absolute atomic E-state index is 13.7. The summed E-state index contributed by atoms with van der Waals surface area (Å²) in [6.45, 7) is 2.90. The standard InChI is InChI=1S/C34H46O6/c1-31-11-23-7-25(14-31)34(26(23)15-31)39-27(16-37-29(35)32-8-20-3-21(12-32)22(4-20)13-32)28(40-34)17-38-30(36)33-9-18-2-19(10-33)6-24(33)5-18/h18-28H,2-17H2,1H3. The number of carbonyl (C=O) groups excluding carboxylic acids is 2. The third-order valence-electron chi connectivity index (χ3n) is 15.0. The number of rotatable bonds is 6. The van der Waals surface area contributed by atoms with Gasteiger partial charge in [0.2, 0.25) is 0 Å². The molecular formula is C34H46O6. The molecular weight excluding hydrogens is 504 g/mol. The fourth-order valence-corrected chi connectivity index (χ4v) is 14.2. The van der Waals surface area contributed by atoms with E-state index in [9.17, 15) is 9.59 Å². The zero-order chi connectivity index (χ0) is 26.6. The SMILES string of the molecule is CC12CC3CC(C1)C1(OC(COC(=O)C45CC6CC(C4)C(C6)C5)C(COC(=O)C45CC6CC(CC4C6)C5)O1)C3C2. The van der Waals surface area contributed by atoms with Crippen molar-refractivity contribution in [2.75, 3.05) is 13.2 Å². The van der Waals surface area contributed by atoms with Crippen LogP contribution < -0.4 is 0 Å². The second-order valence-electron chi connectivity index (χ2n) is 17.4. The predicted octanol–water partition coefficient (Wildman–Crippen LogP) is 5.66. The maximum atomic E-state index is 13.7. The molecule has 12 saturated carbocycles. The van der Waals surface area contributed by atoms with Crippen LogP contribution in [0.25, 0.3) is 0 Å². The van der Waals surface area contributed by atoms with Gasteiger partial charge in [-0.15, -0.1) is 0 Å². The molecule has 13 aliphatic rings. The van der Waals surface area contributed by atoms with Gasteiger partial charge in [-0.05, 0) is 137 Å². The molecule has 0 aromatic carbocycles. The fraction of sp³-hybridized carbons (Fsp3) is 0.941. The molecule has 13 fully saturated rings. The molecule has 1 spiro atoms. The Morgan fingerprint density at radius 2 is 1.30 bits per heavy atom. The largest absolute Gasteiger partial charge is 0.462 e. The van der Waals surface area contributed by atoms with E-state index in [1.165, 1.54) is 44.9 Å². The third-order valence-corrected chi connectivity index (χ3v) is 15.0. The lowest BCUT2D eigenvalue weighted by Crippen LogP contribution is -2.47. The summed E-state index contributed by atoms with van der Waals surface area (Å²) in [6, 6.07) is 0. The first-order valence-electron chi connectivity index (χ1n) is 16.9. The Bertz CT molecular complexity index is 1130. The summed E-state index contributed by atoms with van der Waals surface area (Å²) in [7, 11) is 0. The van der Waals surface area contributed by atoms with Gasteiger partial charge in [-0.3, -0.25) is 9.59 Å². The number of esters is 2. The van der Waals surface area contributed by atoms with Crippen LogP contribution in [0.1, 0.15) is 96.8 Å². The van der Waals surface area contributed by atoms with Crippen molar-refractivity contribution in [2.24, 2.45) is 69.5 Å². The minimum Gasteiger partial charge on any atom is -0.462 e. The second kappa shape index (κ2) is 7.68. The molecule has 0 N–H and O–H groups in total. The van der Waals surface area contributed by atoms with E-state index in [4.69, 9.17) is 18.9 Å². The molecule has 0 radical (unpaired) electrons. The van der Waals surface area contributed by atoms with E-state index in [1.807, 2.05) is 0 Å². The highest BCUT2D eigenvalue weighted by molar-refractivity contribution is 5.79. The highest BCUT2D eigenvalue weighted by atomic mass is 16.8. The first-order valence-corrected chi connectivity index (χ1v) is 16.9. The minimum atomic E-state index is -0.582. The fourth-order valence-electron chi connectivity index (χ4n) is 14.2. The van der Waals surface area contributed by atoms with Gasteiger partial charge in [-0.1, -0.05) is 6.92 Å². The first-order chi connectivity index (χ1) is 19.2. The smallest absolute Gasteiger partial charge is 0.312 e. The van der Waals surface area contributed by atoms with E-state index < -0.39 is 5.79 Å². The molecule has 11 unspecified atom stereocenters. The molecule has 12 aliphatic carbocycles. The van der Waals surface area contributed by atoms with Crippen molar-refractivity contribution in [3.05, 3.63) is 0 Å². The molecule has 218 valence electrons. The lowest BCUT2D eigenvalue weighted by Gasteiger charge is -2.44. The van der Waals surface area contributed by atoms with Crippen molar-refractivity contribution in [1.82, 2.24) is 0 Å². The van der Waals surface area contributed by atoms with Gasteiger partial charge in [0.05, 0.1) is 10.8 Å². The van der Waals surface area contributed by atoms with Crippen molar-refractivity contribution in [2.45, 2.75) is 115 Å². The van der Waals surface area contributed by atoms with Crippen LogP contribution in [0, 0.1) is 69.5 Å². The van der Waals surface area contributed by atoms with Gasteiger partial charge in [0.1, 0.15) is 25.4 Å². The zero-order valence-electron chi connectivity index (χ0n) is 24.1. The topological polar surface area (TPSA) is 71.1 Å². The number of hydrogen-bond donors (Lipinski definition) is 0. The molecule has 6 heteroatoms. The molecule has 1 aliphatic heterocycles. The van der Waals surface area contributed by atoms with Gasteiger partial charge in [0.25, 0.3) is 0 Å². The molecule has 11 atom stereocenters. The van der Waals surface area contributed by atoms with Gasteiger partial charge in [0.15, 0.2) is 5.79 Å². The molecule has 40 heavy (non-hydrogen) atoms. The number of hydrogen-bond acceptors (Lipinski definition) is 6. The monoisotopic (exact) mass is 550 g/mol. The van der Waals surface area contributed by atoms with Gasteiger partial charge < -0.3 is 18.9 Å². The summed E-state index contributed by atoms with van der Waals surface area (Å²) in [5, 5.41) is 0.